The van der Waals surface area contributed by atoms with Gasteiger partial charge >= 0.3 is 0 Å². The predicted molar refractivity (Wildman–Crippen MR) is 72.7 cm³/mol. The Morgan fingerprint density at radius 2 is 1.79 bits per heavy atom. The minimum Gasteiger partial charge on any atom is -0.338 e. The van der Waals surface area contributed by atoms with Gasteiger partial charge in [0.2, 0.25) is 5.95 Å². The number of aryl methyl sites for hydroxylation is 1. The SMILES string of the molecule is Cn1nccc1CN1CCN(c2ncccn2)CC1. The fourth-order valence-electron chi connectivity index (χ4n) is 2.35. The van der Waals surface area contributed by atoms with Crippen molar-refractivity contribution in [2.45, 2.75) is 6.54 Å². The molecular formula is C13H18N6. The summed E-state index contributed by atoms with van der Waals surface area (Å²) in [5.41, 5.74) is 1.25. The van der Waals surface area contributed by atoms with Gasteiger partial charge in [0, 0.05) is 58.4 Å². The minimum absolute atomic E-state index is 0.836. The highest BCUT2D eigenvalue weighted by molar-refractivity contribution is 5.29. The van der Waals surface area contributed by atoms with Crippen LogP contribution in [0.5, 0.6) is 0 Å². The third-order valence-electron chi connectivity index (χ3n) is 3.52. The second-order valence-electron chi connectivity index (χ2n) is 4.76. The van der Waals surface area contributed by atoms with Crippen molar-refractivity contribution in [3.63, 3.8) is 0 Å². The van der Waals surface area contributed by atoms with Gasteiger partial charge in [-0.15, -0.1) is 0 Å². The van der Waals surface area contributed by atoms with E-state index in [9.17, 15) is 0 Å². The van der Waals surface area contributed by atoms with Crippen LogP contribution in [0.1, 0.15) is 5.69 Å². The Morgan fingerprint density at radius 3 is 2.42 bits per heavy atom. The van der Waals surface area contributed by atoms with Crippen LogP contribution in [0.3, 0.4) is 0 Å². The largest absolute Gasteiger partial charge is 0.338 e. The quantitative estimate of drug-likeness (QED) is 0.804. The third-order valence-corrected chi connectivity index (χ3v) is 3.52. The van der Waals surface area contributed by atoms with Crippen LogP contribution in [0.25, 0.3) is 0 Å². The summed E-state index contributed by atoms with van der Waals surface area (Å²) in [5.74, 6) is 0.836. The summed E-state index contributed by atoms with van der Waals surface area (Å²) >= 11 is 0. The van der Waals surface area contributed by atoms with E-state index >= 15 is 0 Å². The molecule has 1 saturated heterocycles. The van der Waals surface area contributed by atoms with E-state index in [-0.39, 0.29) is 0 Å². The number of hydrogen-bond donors (Lipinski definition) is 0. The second-order valence-corrected chi connectivity index (χ2v) is 4.76. The lowest BCUT2D eigenvalue weighted by Gasteiger charge is -2.34. The van der Waals surface area contributed by atoms with Crippen molar-refractivity contribution in [1.82, 2.24) is 24.6 Å². The molecule has 2 aromatic rings. The van der Waals surface area contributed by atoms with Gasteiger partial charge in [-0.25, -0.2) is 9.97 Å². The molecule has 6 heteroatoms. The number of piperazine rings is 1. The molecule has 0 saturated carbocycles. The van der Waals surface area contributed by atoms with Gasteiger partial charge in [0.05, 0.1) is 5.69 Å². The summed E-state index contributed by atoms with van der Waals surface area (Å²) in [5, 5.41) is 4.20. The number of aromatic nitrogens is 4. The summed E-state index contributed by atoms with van der Waals surface area (Å²) in [6.07, 6.45) is 5.44. The maximum Gasteiger partial charge on any atom is 0.225 e. The summed E-state index contributed by atoms with van der Waals surface area (Å²) in [4.78, 5) is 13.3. The molecule has 1 fully saturated rings. The van der Waals surface area contributed by atoms with Crippen LogP contribution < -0.4 is 4.90 Å². The van der Waals surface area contributed by atoms with Gasteiger partial charge in [0.15, 0.2) is 0 Å². The minimum atomic E-state index is 0.836. The molecule has 0 unspecified atom stereocenters. The topological polar surface area (TPSA) is 50.1 Å². The summed E-state index contributed by atoms with van der Waals surface area (Å²) in [7, 11) is 1.99. The van der Waals surface area contributed by atoms with Crippen molar-refractivity contribution < 1.29 is 0 Å². The molecule has 0 spiro atoms. The summed E-state index contributed by atoms with van der Waals surface area (Å²) in [6, 6.07) is 3.93. The maximum atomic E-state index is 4.30. The average Bonchev–Trinajstić information content (AvgIpc) is 2.86. The van der Waals surface area contributed by atoms with Gasteiger partial charge in [0.1, 0.15) is 0 Å². The van der Waals surface area contributed by atoms with E-state index in [1.165, 1.54) is 5.69 Å². The number of hydrogen-bond acceptors (Lipinski definition) is 5. The Labute approximate surface area is 112 Å². The highest BCUT2D eigenvalue weighted by Crippen LogP contribution is 2.11. The van der Waals surface area contributed by atoms with Crippen LogP contribution in [0.2, 0.25) is 0 Å². The van der Waals surface area contributed by atoms with E-state index in [2.05, 4.69) is 30.9 Å². The molecule has 19 heavy (non-hydrogen) atoms. The highest BCUT2D eigenvalue weighted by atomic mass is 15.3. The molecule has 0 bridgehead atoms. The fourth-order valence-corrected chi connectivity index (χ4v) is 2.35. The zero-order valence-corrected chi connectivity index (χ0v) is 11.1. The third kappa shape index (κ3) is 2.73. The first-order valence-corrected chi connectivity index (χ1v) is 6.54. The van der Waals surface area contributed by atoms with Crippen molar-refractivity contribution in [2.75, 3.05) is 31.1 Å². The van der Waals surface area contributed by atoms with Crippen molar-refractivity contribution in [3.8, 4) is 0 Å². The van der Waals surface area contributed by atoms with E-state index in [0.717, 1.165) is 38.7 Å². The molecule has 0 aromatic carbocycles. The molecule has 0 radical (unpaired) electrons. The maximum absolute atomic E-state index is 4.30. The summed E-state index contributed by atoms with van der Waals surface area (Å²) < 4.78 is 1.94. The van der Waals surface area contributed by atoms with Gasteiger partial charge in [-0.1, -0.05) is 0 Å². The number of anilines is 1. The highest BCUT2D eigenvalue weighted by Gasteiger charge is 2.19. The van der Waals surface area contributed by atoms with E-state index in [1.807, 2.05) is 24.0 Å². The van der Waals surface area contributed by atoms with E-state index in [4.69, 9.17) is 0 Å². The lowest BCUT2D eigenvalue weighted by atomic mass is 10.3. The standard InChI is InChI=1S/C13H18N6/c1-17-12(3-6-16-17)11-18-7-9-19(10-8-18)13-14-4-2-5-15-13/h2-6H,7-11H2,1H3. The van der Waals surface area contributed by atoms with Gasteiger partial charge in [-0.2, -0.15) is 5.10 Å². The van der Waals surface area contributed by atoms with Crippen LogP contribution in [-0.2, 0) is 13.6 Å². The normalized spacial score (nSPS) is 16.8. The average molecular weight is 258 g/mol. The molecule has 3 heterocycles. The lowest BCUT2D eigenvalue weighted by molar-refractivity contribution is 0.242. The van der Waals surface area contributed by atoms with E-state index in [1.54, 1.807) is 12.4 Å². The smallest absolute Gasteiger partial charge is 0.225 e. The molecule has 0 atom stereocenters. The number of nitrogens with zero attached hydrogens (tertiary/aromatic N) is 6. The van der Waals surface area contributed by atoms with Crippen LogP contribution in [0, 0.1) is 0 Å². The molecular weight excluding hydrogens is 240 g/mol. The monoisotopic (exact) mass is 258 g/mol. The molecule has 100 valence electrons. The first kappa shape index (κ1) is 12.1. The van der Waals surface area contributed by atoms with Gasteiger partial charge in [-0.05, 0) is 12.1 Å². The molecule has 1 aliphatic rings. The van der Waals surface area contributed by atoms with Gasteiger partial charge in [0.25, 0.3) is 0 Å². The molecule has 1 aliphatic heterocycles. The molecule has 3 rings (SSSR count). The first-order chi connectivity index (χ1) is 9.33. The predicted octanol–water partition coefficient (Wildman–Crippen LogP) is 0.532. The van der Waals surface area contributed by atoms with Crippen molar-refractivity contribution >= 4 is 5.95 Å². The molecule has 2 aromatic heterocycles. The van der Waals surface area contributed by atoms with Crippen LogP contribution in [0.15, 0.2) is 30.7 Å². The lowest BCUT2D eigenvalue weighted by Crippen LogP contribution is -2.46. The Balaban J connectivity index is 1.57. The van der Waals surface area contributed by atoms with Gasteiger partial charge in [-0.3, -0.25) is 9.58 Å². The molecule has 0 aliphatic carbocycles. The Bertz CT molecular complexity index is 515. The Kier molecular flexibility index (Phi) is 3.41. The number of rotatable bonds is 3. The van der Waals surface area contributed by atoms with Gasteiger partial charge < -0.3 is 4.90 Å². The van der Waals surface area contributed by atoms with E-state index in [0.29, 0.717) is 0 Å². The fraction of sp³-hybridized carbons (Fsp3) is 0.462. The van der Waals surface area contributed by atoms with Crippen LogP contribution in [-0.4, -0.2) is 50.8 Å². The zero-order chi connectivity index (χ0) is 13.1. The molecule has 0 N–H and O–H groups in total. The molecule has 6 nitrogen and oxygen atoms in total. The Hall–Kier alpha value is -1.95. The second kappa shape index (κ2) is 5.36. The first-order valence-electron chi connectivity index (χ1n) is 6.54. The Morgan fingerprint density at radius 1 is 1.05 bits per heavy atom. The van der Waals surface area contributed by atoms with Crippen molar-refractivity contribution in [3.05, 3.63) is 36.4 Å². The van der Waals surface area contributed by atoms with E-state index < -0.39 is 0 Å². The van der Waals surface area contributed by atoms with Crippen molar-refractivity contribution in [1.29, 1.82) is 0 Å². The van der Waals surface area contributed by atoms with Crippen LogP contribution >= 0.6 is 0 Å². The summed E-state index contributed by atoms with van der Waals surface area (Å²) in [6.45, 7) is 4.97. The van der Waals surface area contributed by atoms with Crippen molar-refractivity contribution in [2.24, 2.45) is 7.05 Å². The van der Waals surface area contributed by atoms with Crippen LogP contribution in [0.4, 0.5) is 5.95 Å². The zero-order valence-electron chi connectivity index (χ0n) is 11.1. The molecule has 0 amide bonds.